The Morgan fingerprint density at radius 2 is 1.17 bits per heavy atom. The van der Waals surface area contributed by atoms with Crippen LogP contribution in [-0.4, -0.2) is 18.9 Å². The van der Waals surface area contributed by atoms with Crippen LogP contribution in [0.3, 0.4) is 0 Å². The van der Waals surface area contributed by atoms with Gasteiger partial charge in [-0.05, 0) is 53.9 Å². The van der Waals surface area contributed by atoms with Crippen molar-refractivity contribution in [1.29, 1.82) is 0 Å². The molecule has 0 N–H and O–H groups in total. The van der Waals surface area contributed by atoms with Gasteiger partial charge in [0.1, 0.15) is 11.2 Å². The minimum absolute atomic E-state index is 0.653. The molecule has 5 heterocycles. The van der Waals surface area contributed by atoms with Crippen LogP contribution in [0.5, 0.6) is 0 Å². The lowest BCUT2D eigenvalue weighted by atomic mass is 10.0. The topological polar surface area (TPSA) is 48.3 Å². The minimum atomic E-state index is 0.653. The van der Waals surface area contributed by atoms with Crippen molar-refractivity contribution in [3.63, 3.8) is 0 Å². The summed E-state index contributed by atoms with van der Waals surface area (Å²) in [4.78, 5) is 10.8. The molecule has 12 rings (SSSR count). The highest BCUT2D eigenvalue weighted by Gasteiger charge is 2.27. The molecule has 0 aliphatic rings. The maximum absolute atomic E-state index is 6.58. The first-order chi connectivity index (χ1) is 23.3. The number of fused-ring (bicyclic) bond motifs is 7. The molecule has 0 radical (unpaired) electrons. The Hall–Kier alpha value is -6.46. The van der Waals surface area contributed by atoms with E-state index in [9.17, 15) is 0 Å². The van der Waals surface area contributed by atoms with Crippen LogP contribution < -0.4 is 0 Å². The first-order valence-corrected chi connectivity index (χ1v) is 15.9. The zero-order chi connectivity index (χ0) is 30.4. The second-order valence-electron chi connectivity index (χ2n) is 12.6. The molecule has 0 saturated heterocycles. The summed E-state index contributed by atoms with van der Waals surface area (Å²) in [6.45, 7) is 0. The number of benzene rings is 7. The Labute approximate surface area is 266 Å². The van der Waals surface area contributed by atoms with Crippen LogP contribution in [0.4, 0.5) is 0 Å². The van der Waals surface area contributed by atoms with Gasteiger partial charge in [-0.15, -0.1) is 0 Å². The molecule has 0 saturated carbocycles. The van der Waals surface area contributed by atoms with E-state index in [-0.39, 0.29) is 0 Å². The molecule has 7 aromatic carbocycles. The van der Waals surface area contributed by atoms with Gasteiger partial charge in [-0.25, -0.2) is 9.97 Å². The SMILES string of the molecule is c1ccc(-c2nc(-n3c4ccc5oc6ccc7c8ccccc8n8c9cccc3c9c4c5c6c78)nc3c2ccc2ccccc23)cc1. The van der Waals surface area contributed by atoms with Gasteiger partial charge in [0.25, 0.3) is 0 Å². The second-order valence-corrected chi connectivity index (χ2v) is 12.6. The smallest absolute Gasteiger partial charge is 0.235 e. The van der Waals surface area contributed by atoms with E-state index in [1.165, 1.54) is 32.6 Å². The minimum Gasteiger partial charge on any atom is -0.456 e. The molecule has 0 aliphatic carbocycles. The van der Waals surface area contributed by atoms with Crippen molar-refractivity contribution in [3.05, 3.63) is 133 Å². The standard InChI is InChI=1S/C42H22N4O/c1-2-10-24(11-3-1)39-28-18-17-23-9-4-5-12-25(23)40(28)44-42(43-39)46-31-16-8-15-30-35(31)36-32(46)20-22-33-37(36)38-34(47-33)21-19-27-26-13-6-7-14-29(26)45(30)41(27)38/h1-22H. The number of hydrogen-bond acceptors (Lipinski definition) is 3. The van der Waals surface area contributed by atoms with E-state index in [1.807, 2.05) is 6.07 Å². The maximum Gasteiger partial charge on any atom is 0.235 e. The molecule has 5 heteroatoms. The quantitative estimate of drug-likeness (QED) is 0.186. The van der Waals surface area contributed by atoms with Crippen molar-refractivity contribution < 1.29 is 4.42 Å². The number of hydrogen-bond donors (Lipinski definition) is 0. The number of nitrogens with zero attached hydrogens (tertiary/aromatic N) is 4. The van der Waals surface area contributed by atoms with Crippen molar-refractivity contribution in [3.8, 4) is 17.2 Å². The summed E-state index contributed by atoms with van der Waals surface area (Å²) in [6, 6.07) is 47.3. The van der Waals surface area contributed by atoms with Gasteiger partial charge in [0.05, 0.1) is 44.2 Å². The van der Waals surface area contributed by atoms with Gasteiger partial charge in [0.2, 0.25) is 5.95 Å². The normalized spacial score (nSPS) is 12.7. The predicted molar refractivity (Wildman–Crippen MR) is 192 cm³/mol. The lowest BCUT2D eigenvalue weighted by Crippen LogP contribution is -2.04. The Bertz CT molecular complexity index is 3240. The first kappa shape index (κ1) is 23.9. The highest BCUT2D eigenvalue weighted by Crippen LogP contribution is 2.48. The molecule has 5 nitrogen and oxygen atoms in total. The lowest BCUT2D eigenvalue weighted by molar-refractivity contribution is 0.669. The van der Waals surface area contributed by atoms with Crippen LogP contribution in [0, 0.1) is 0 Å². The third kappa shape index (κ3) is 2.82. The van der Waals surface area contributed by atoms with E-state index >= 15 is 0 Å². The molecule has 0 amide bonds. The zero-order valence-corrected chi connectivity index (χ0v) is 24.9. The van der Waals surface area contributed by atoms with Crippen LogP contribution in [0.1, 0.15) is 0 Å². The van der Waals surface area contributed by atoms with Crippen molar-refractivity contribution in [2.24, 2.45) is 0 Å². The Kier molecular flexibility index (Phi) is 4.17. The summed E-state index contributed by atoms with van der Waals surface area (Å²) in [5, 5.41) is 10.4. The molecule has 0 aliphatic heterocycles. The van der Waals surface area contributed by atoms with Gasteiger partial charge in [-0.1, -0.05) is 84.9 Å². The molecule has 0 bridgehead atoms. The fourth-order valence-electron chi connectivity index (χ4n) is 8.35. The summed E-state index contributed by atoms with van der Waals surface area (Å²) < 4.78 is 11.3. The fraction of sp³-hybridized carbons (Fsp3) is 0. The lowest BCUT2D eigenvalue weighted by Gasteiger charge is -2.13. The van der Waals surface area contributed by atoms with Gasteiger partial charge >= 0.3 is 0 Å². The number of aromatic nitrogens is 4. The monoisotopic (exact) mass is 598 g/mol. The Morgan fingerprint density at radius 1 is 0.447 bits per heavy atom. The third-order valence-corrected chi connectivity index (χ3v) is 10.2. The van der Waals surface area contributed by atoms with Crippen molar-refractivity contribution in [2.45, 2.75) is 0 Å². The molecule has 216 valence electrons. The van der Waals surface area contributed by atoms with Gasteiger partial charge in [0, 0.05) is 43.3 Å². The molecule has 12 aromatic rings. The van der Waals surface area contributed by atoms with Crippen LogP contribution >= 0.6 is 0 Å². The van der Waals surface area contributed by atoms with Crippen LogP contribution in [0.15, 0.2) is 138 Å². The van der Waals surface area contributed by atoms with E-state index in [1.54, 1.807) is 0 Å². The van der Waals surface area contributed by atoms with E-state index in [0.29, 0.717) is 5.95 Å². The summed E-state index contributed by atoms with van der Waals surface area (Å²) in [7, 11) is 0. The van der Waals surface area contributed by atoms with Gasteiger partial charge in [0.15, 0.2) is 0 Å². The van der Waals surface area contributed by atoms with Crippen LogP contribution in [0.2, 0.25) is 0 Å². The van der Waals surface area contributed by atoms with E-state index < -0.39 is 0 Å². The molecule has 0 atom stereocenters. The highest BCUT2D eigenvalue weighted by molar-refractivity contribution is 6.37. The van der Waals surface area contributed by atoms with Crippen molar-refractivity contribution in [2.75, 3.05) is 0 Å². The van der Waals surface area contributed by atoms with E-state index in [4.69, 9.17) is 14.4 Å². The predicted octanol–water partition coefficient (Wildman–Crippen LogP) is 10.9. The van der Waals surface area contributed by atoms with Crippen LogP contribution in [-0.2, 0) is 0 Å². The summed E-state index contributed by atoms with van der Waals surface area (Å²) in [5.41, 5.74) is 10.4. The van der Waals surface area contributed by atoms with E-state index in [0.717, 1.165) is 71.4 Å². The van der Waals surface area contributed by atoms with Crippen molar-refractivity contribution in [1.82, 2.24) is 18.9 Å². The molecular weight excluding hydrogens is 576 g/mol. The molecule has 0 spiro atoms. The first-order valence-electron chi connectivity index (χ1n) is 15.9. The summed E-state index contributed by atoms with van der Waals surface area (Å²) >= 11 is 0. The molecule has 0 fully saturated rings. The highest BCUT2D eigenvalue weighted by atomic mass is 16.3. The molecular formula is C42H22N4O. The Morgan fingerprint density at radius 3 is 2.11 bits per heavy atom. The summed E-state index contributed by atoms with van der Waals surface area (Å²) in [6.07, 6.45) is 0. The fourth-order valence-corrected chi connectivity index (χ4v) is 8.35. The maximum atomic E-state index is 6.58. The Balaban J connectivity index is 1.34. The zero-order valence-electron chi connectivity index (χ0n) is 24.9. The van der Waals surface area contributed by atoms with Gasteiger partial charge in [-0.2, -0.15) is 0 Å². The third-order valence-electron chi connectivity index (χ3n) is 10.2. The molecule has 5 aromatic heterocycles. The largest absolute Gasteiger partial charge is 0.456 e. The van der Waals surface area contributed by atoms with Crippen LogP contribution in [0.25, 0.3) is 110 Å². The number of para-hydroxylation sites is 1. The molecule has 47 heavy (non-hydrogen) atoms. The second kappa shape index (κ2) is 8.22. The number of furan rings is 1. The van der Waals surface area contributed by atoms with E-state index in [2.05, 4.69) is 136 Å². The number of rotatable bonds is 2. The average Bonchev–Trinajstić information content (AvgIpc) is 3.75. The van der Waals surface area contributed by atoms with Crippen molar-refractivity contribution >= 4 is 92.7 Å². The molecule has 0 unspecified atom stereocenters. The van der Waals surface area contributed by atoms with Gasteiger partial charge < -0.3 is 8.82 Å². The summed E-state index contributed by atoms with van der Waals surface area (Å²) in [5.74, 6) is 0.653. The average molecular weight is 599 g/mol. The van der Waals surface area contributed by atoms with Gasteiger partial charge in [-0.3, -0.25) is 4.57 Å².